The van der Waals surface area contributed by atoms with Crippen LogP contribution < -0.4 is 0 Å². The van der Waals surface area contributed by atoms with Crippen LogP contribution in [0.15, 0.2) is 67.2 Å². The molecule has 0 saturated heterocycles. The van der Waals surface area contributed by atoms with Gasteiger partial charge in [0.25, 0.3) is 0 Å². The van der Waals surface area contributed by atoms with Crippen LogP contribution in [-0.4, -0.2) is 0 Å². The van der Waals surface area contributed by atoms with Crippen LogP contribution in [0.1, 0.15) is 50.7 Å². The maximum atomic E-state index is 4.34. The van der Waals surface area contributed by atoms with E-state index < -0.39 is 0 Å². The van der Waals surface area contributed by atoms with Gasteiger partial charge >= 0.3 is 0 Å². The topological polar surface area (TPSA) is 0 Å². The van der Waals surface area contributed by atoms with Crippen molar-refractivity contribution in [2.24, 2.45) is 0 Å². The summed E-state index contributed by atoms with van der Waals surface area (Å²) in [6.07, 6.45) is 4.72. The van der Waals surface area contributed by atoms with E-state index in [1.54, 1.807) is 0 Å². The average molecular weight is 278 g/mol. The van der Waals surface area contributed by atoms with Crippen molar-refractivity contribution in [2.45, 2.75) is 44.9 Å². The molecule has 0 aromatic heterocycles. The SMILES string of the molecule is C=C(CC(C)(CCCC)c1ccccc1)c1ccccc1. The van der Waals surface area contributed by atoms with Crippen LogP contribution in [0.25, 0.3) is 5.57 Å². The van der Waals surface area contributed by atoms with Crippen LogP contribution in [0, 0.1) is 0 Å². The molecule has 0 bridgehead atoms. The monoisotopic (exact) mass is 278 g/mol. The Balaban J connectivity index is 2.22. The molecule has 0 heteroatoms. The molecule has 0 aliphatic rings. The highest BCUT2D eigenvalue weighted by Crippen LogP contribution is 2.38. The molecule has 0 aliphatic heterocycles. The van der Waals surface area contributed by atoms with Crippen molar-refractivity contribution in [3.05, 3.63) is 78.4 Å². The Morgan fingerprint density at radius 3 is 2.10 bits per heavy atom. The minimum absolute atomic E-state index is 0.171. The third-order valence-electron chi connectivity index (χ3n) is 4.34. The summed E-state index contributed by atoms with van der Waals surface area (Å²) < 4.78 is 0. The fraction of sp³-hybridized carbons (Fsp3) is 0.333. The van der Waals surface area contributed by atoms with E-state index in [2.05, 4.69) is 81.1 Å². The molecule has 2 aromatic carbocycles. The molecule has 0 radical (unpaired) electrons. The molecule has 0 amide bonds. The lowest BCUT2D eigenvalue weighted by atomic mass is 9.73. The summed E-state index contributed by atoms with van der Waals surface area (Å²) in [4.78, 5) is 0. The highest BCUT2D eigenvalue weighted by Gasteiger charge is 2.26. The maximum Gasteiger partial charge on any atom is -0.00349 e. The van der Waals surface area contributed by atoms with Gasteiger partial charge in [-0.25, -0.2) is 0 Å². The zero-order valence-corrected chi connectivity index (χ0v) is 13.3. The lowest BCUT2D eigenvalue weighted by Crippen LogP contribution is -2.22. The van der Waals surface area contributed by atoms with Gasteiger partial charge in [-0.1, -0.05) is 93.9 Å². The van der Waals surface area contributed by atoms with Crippen molar-refractivity contribution in [2.75, 3.05) is 0 Å². The molecule has 1 atom stereocenters. The van der Waals surface area contributed by atoms with Gasteiger partial charge in [0.05, 0.1) is 0 Å². The second-order valence-electron chi connectivity index (χ2n) is 6.18. The molecular weight excluding hydrogens is 252 g/mol. The lowest BCUT2D eigenvalue weighted by molar-refractivity contribution is 0.426. The van der Waals surface area contributed by atoms with Crippen LogP contribution in [0.3, 0.4) is 0 Å². The summed E-state index contributed by atoms with van der Waals surface area (Å²) in [7, 11) is 0. The fourth-order valence-electron chi connectivity index (χ4n) is 2.99. The number of unbranched alkanes of at least 4 members (excludes halogenated alkanes) is 1. The first-order valence-electron chi connectivity index (χ1n) is 7.94. The first-order valence-corrected chi connectivity index (χ1v) is 7.94. The zero-order chi connectivity index (χ0) is 15.1. The molecule has 0 aliphatic carbocycles. The molecule has 110 valence electrons. The van der Waals surface area contributed by atoms with Gasteiger partial charge in [0.15, 0.2) is 0 Å². The predicted molar refractivity (Wildman–Crippen MR) is 93.4 cm³/mol. The number of benzene rings is 2. The minimum Gasteiger partial charge on any atom is -0.0952 e. The van der Waals surface area contributed by atoms with Gasteiger partial charge in [-0.2, -0.15) is 0 Å². The lowest BCUT2D eigenvalue weighted by Gasteiger charge is -2.31. The van der Waals surface area contributed by atoms with E-state index in [1.165, 1.54) is 36.0 Å². The molecule has 2 rings (SSSR count). The summed E-state index contributed by atoms with van der Waals surface area (Å²) in [5.41, 5.74) is 4.09. The Bertz CT molecular complexity index is 553. The third-order valence-corrected chi connectivity index (χ3v) is 4.34. The molecule has 0 N–H and O–H groups in total. The van der Waals surface area contributed by atoms with Gasteiger partial charge < -0.3 is 0 Å². The van der Waals surface area contributed by atoms with Crippen LogP contribution in [0.2, 0.25) is 0 Å². The molecule has 0 spiro atoms. The van der Waals surface area contributed by atoms with Crippen LogP contribution in [0.4, 0.5) is 0 Å². The summed E-state index contributed by atoms with van der Waals surface area (Å²) >= 11 is 0. The Kier molecular flexibility index (Phi) is 5.38. The van der Waals surface area contributed by atoms with E-state index >= 15 is 0 Å². The van der Waals surface area contributed by atoms with Crippen molar-refractivity contribution in [1.29, 1.82) is 0 Å². The quantitative estimate of drug-likeness (QED) is 0.562. The first kappa shape index (κ1) is 15.6. The molecule has 0 heterocycles. The maximum absolute atomic E-state index is 4.34. The molecule has 2 aromatic rings. The molecule has 0 saturated carbocycles. The van der Waals surface area contributed by atoms with Crippen LogP contribution >= 0.6 is 0 Å². The molecule has 1 unspecified atom stereocenters. The number of hydrogen-bond acceptors (Lipinski definition) is 0. The molecule has 21 heavy (non-hydrogen) atoms. The van der Waals surface area contributed by atoms with Crippen molar-refractivity contribution in [1.82, 2.24) is 0 Å². The van der Waals surface area contributed by atoms with Crippen LogP contribution in [-0.2, 0) is 5.41 Å². The fourth-order valence-corrected chi connectivity index (χ4v) is 2.99. The molecule has 0 fully saturated rings. The Morgan fingerprint density at radius 2 is 1.52 bits per heavy atom. The minimum atomic E-state index is 0.171. The summed E-state index contributed by atoms with van der Waals surface area (Å²) in [5.74, 6) is 0. The van der Waals surface area contributed by atoms with Gasteiger partial charge in [-0.05, 0) is 35.0 Å². The van der Waals surface area contributed by atoms with E-state index in [0.29, 0.717) is 0 Å². The standard InChI is InChI=1S/C21H26/c1-4-5-16-21(3,20-14-10-7-11-15-20)17-18(2)19-12-8-6-9-13-19/h6-15H,2,4-5,16-17H2,1,3H3. The highest BCUT2D eigenvalue weighted by molar-refractivity contribution is 5.64. The highest BCUT2D eigenvalue weighted by atomic mass is 14.3. The van der Waals surface area contributed by atoms with Gasteiger partial charge in [0.1, 0.15) is 0 Å². The largest absolute Gasteiger partial charge is 0.0952 e. The van der Waals surface area contributed by atoms with E-state index in [0.717, 1.165) is 6.42 Å². The van der Waals surface area contributed by atoms with Crippen molar-refractivity contribution >= 4 is 5.57 Å². The normalized spacial score (nSPS) is 13.6. The number of rotatable bonds is 7. The van der Waals surface area contributed by atoms with Gasteiger partial charge in [-0.3, -0.25) is 0 Å². The number of hydrogen-bond donors (Lipinski definition) is 0. The second kappa shape index (κ2) is 7.26. The van der Waals surface area contributed by atoms with Crippen molar-refractivity contribution < 1.29 is 0 Å². The summed E-state index contributed by atoms with van der Waals surface area (Å²) in [6, 6.07) is 21.5. The van der Waals surface area contributed by atoms with Gasteiger partial charge in [0.2, 0.25) is 0 Å². The van der Waals surface area contributed by atoms with Gasteiger partial charge in [0, 0.05) is 0 Å². The van der Waals surface area contributed by atoms with E-state index in [1.807, 2.05) is 0 Å². The second-order valence-corrected chi connectivity index (χ2v) is 6.18. The third kappa shape index (κ3) is 4.07. The summed E-state index contributed by atoms with van der Waals surface area (Å²) in [6.45, 7) is 8.99. The van der Waals surface area contributed by atoms with E-state index in [4.69, 9.17) is 0 Å². The first-order chi connectivity index (χ1) is 10.2. The van der Waals surface area contributed by atoms with E-state index in [-0.39, 0.29) is 5.41 Å². The summed E-state index contributed by atoms with van der Waals surface area (Å²) in [5, 5.41) is 0. The predicted octanol–water partition coefficient (Wildman–Crippen LogP) is 6.24. The van der Waals surface area contributed by atoms with E-state index in [9.17, 15) is 0 Å². The smallest absolute Gasteiger partial charge is 0.00349 e. The van der Waals surface area contributed by atoms with Crippen molar-refractivity contribution in [3.8, 4) is 0 Å². The van der Waals surface area contributed by atoms with Gasteiger partial charge in [-0.15, -0.1) is 0 Å². The Labute approximate surface area is 129 Å². The van der Waals surface area contributed by atoms with Crippen LogP contribution in [0.5, 0.6) is 0 Å². The average Bonchev–Trinajstić information content (AvgIpc) is 2.54. The zero-order valence-electron chi connectivity index (χ0n) is 13.3. The number of allylic oxidation sites excluding steroid dienone is 1. The molecule has 0 nitrogen and oxygen atoms in total. The molecular formula is C21H26. The Morgan fingerprint density at radius 1 is 0.952 bits per heavy atom. The Hall–Kier alpha value is -1.82. The van der Waals surface area contributed by atoms with Crippen molar-refractivity contribution in [3.63, 3.8) is 0 Å².